The Hall–Kier alpha value is -12.6. The fourth-order valence-corrected chi connectivity index (χ4v) is 15.1. The summed E-state index contributed by atoms with van der Waals surface area (Å²) in [5, 5.41) is 30.8. The van der Waals surface area contributed by atoms with Crippen molar-refractivity contribution < 1.29 is 61.2 Å². The van der Waals surface area contributed by atoms with Crippen LogP contribution < -0.4 is 0 Å². The molecule has 0 aliphatic heterocycles. The molecular formula is C95H62N6O4Pt2-2. The van der Waals surface area contributed by atoms with Crippen molar-refractivity contribution in [3.63, 3.8) is 0 Å². The van der Waals surface area contributed by atoms with Gasteiger partial charge in [-0.25, -0.2) is 9.97 Å². The molecule has 12 heteroatoms. The first kappa shape index (κ1) is 67.6. The van der Waals surface area contributed by atoms with Crippen LogP contribution in [0.15, 0.2) is 337 Å². The minimum absolute atomic E-state index is 0. The van der Waals surface area contributed by atoms with Gasteiger partial charge in [-0.3, -0.25) is 19.1 Å². The zero-order valence-electron chi connectivity index (χ0n) is 57.7. The number of phenols is 2. The van der Waals surface area contributed by atoms with Crippen LogP contribution in [-0.4, -0.2) is 39.3 Å². The summed E-state index contributed by atoms with van der Waals surface area (Å²) in [4.78, 5) is 20.6. The summed E-state index contributed by atoms with van der Waals surface area (Å²) in [5.41, 5.74) is 20.9. The molecule has 0 atom stereocenters. The first-order chi connectivity index (χ1) is 51.6. The van der Waals surface area contributed by atoms with Crippen LogP contribution in [0, 0.1) is 12.1 Å². The van der Waals surface area contributed by atoms with Gasteiger partial charge < -0.3 is 19.0 Å². The van der Waals surface area contributed by atoms with Crippen molar-refractivity contribution in [1.29, 1.82) is 0 Å². The summed E-state index contributed by atoms with van der Waals surface area (Å²) < 4.78 is 17.1. The van der Waals surface area contributed by atoms with Crippen LogP contribution in [0.3, 0.4) is 0 Å². The average Bonchev–Trinajstić information content (AvgIpc) is 1.70. The second-order valence-corrected chi connectivity index (χ2v) is 27.0. The van der Waals surface area contributed by atoms with Gasteiger partial charge in [0.25, 0.3) is 0 Å². The van der Waals surface area contributed by atoms with E-state index >= 15 is 0 Å². The molecule has 0 bridgehead atoms. The van der Waals surface area contributed by atoms with Gasteiger partial charge >= 0.3 is 0 Å². The number of aromatic hydroxyl groups is 2. The minimum Gasteiger partial charge on any atom is -0.507 e. The summed E-state index contributed by atoms with van der Waals surface area (Å²) in [6, 6.07) is 114. The van der Waals surface area contributed by atoms with Crippen molar-refractivity contribution in [2.75, 3.05) is 0 Å². The molecule has 107 heavy (non-hydrogen) atoms. The van der Waals surface area contributed by atoms with E-state index in [0.717, 1.165) is 150 Å². The SMILES string of the molecule is CC(C)(c1ccccc1)c1cc(-c2cc3oc4ccc5ccccc5c4c3cn2)[c-]c(-c2cccc3c2nc(-c2ccccc2O)n3-c2ccccc2)c1.Oc1ccccc1-c1nc2c(-c3[c-]c(-c4cc5oc6ccc7ccccc7c6c5cn4)cc(-c4ccccc4)c3)cccc2n1-c1ccccc1.[Pt].[Pt]. The predicted molar refractivity (Wildman–Crippen MR) is 425 cm³/mol. The predicted octanol–water partition coefficient (Wildman–Crippen LogP) is 23.9. The zero-order valence-corrected chi connectivity index (χ0v) is 62.2. The maximum Gasteiger partial charge on any atom is 0.148 e. The summed E-state index contributed by atoms with van der Waals surface area (Å²) in [5.74, 6) is 1.66. The van der Waals surface area contributed by atoms with E-state index in [1.807, 2.05) is 116 Å². The van der Waals surface area contributed by atoms with Crippen LogP contribution >= 0.6 is 0 Å². The Bertz CT molecular complexity index is 6790. The van der Waals surface area contributed by atoms with Gasteiger partial charge in [0.05, 0.1) is 33.2 Å². The number of imidazole rings is 2. The van der Waals surface area contributed by atoms with E-state index in [9.17, 15) is 10.2 Å². The van der Waals surface area contributed by atoms with Gasteiger partial charge in [-0.15, -0.1) is 53.1 Å². The molecule has 0 aliphatic rings. The summed E-state index contributed by atoms with van der Waals surface area (Å²) >= 11 is 0. The summed E-state index contributed by atoms with van der Waals surface area (Å²) in [6.45, 7) is 4.51. The third-order valence-corrected chi connectivity index (χ3v) is 20.4. The number of hydrogen-bond donors (Lipinski definition) is 2. The van der Waals surface area contributed by atoms with Gasteiger partial charge in [-0.2, -0.15) is 0 Å². The largest absolute Gasteiger partial charge is 0.507 e. The number of rotatable bonds is 11. The molecule has 518 valence electrons. The number of hydrogen-bond acceptors (Lipinski definition) is 8. The van der Waals surface area contributed by atoms with Crippen LogP contribution in [0.2, 0.25) is 0 Å². The van der Waals surface area contributed by atoms with Crippen LogP contribution in [0.4, 0.5) is 0 Å². The molecule has 0 fully saturated rings. The van der Waals surface area contributed by atoms with E-state index < -0.39 is 0 Å². The number of nitrogens with zero attached hydrogens (tertiary/aromatic N) is 6. The van der Waals surface area contributed by atoms with Crippen LogP contribution in [0.5, 0.6) is 11.5 Å². The first-order valence-corrected chi connectivity index (χ1v) is 35.0. The number of aromatic nitrogens is 6. The Morgan fingerprint density at radius 3 is 1.23 bits per heavy atom. The number of phenolic OH excluding ortho intramolecular Hbond substituents is 2. The fourth-order valence-electron chi connectivity index (χ4n) is 15.1. The van der Waals surface area contributed by atoms with Crippen molar-refractivity contribution in [2.45, 2.75) is 19.3 Å². The van der Waals surface area contributed by atoms with Gasteiger partial charge in [-0.05, 0) is 118 Å². The summed E-state index contributed by atoms with van der Waals surface area (Å²) in [6.07, 6.45) is 3.86. The van der Waals surface area contributed by atoms with Gasteiger partial charge in [-0.1, -0.05) is 248 Å². The van der Waals surface area contributed by atoms with Crippen molar-refractivity contribution >= 4 is 87.5 Å². The second kappa shape index (κ2) is 27.8. The second-order valence-electron chi connectivity index (χ2n) is 27.0. The fraction of sp³-hybridized carbons (Fsp3) is 0.0316. The maximum absolute atomic E-state index is 11.0. The van der Waals surface area contributed by atoms with E-state index in [-0.39, 0.29) is 59.0 Å². The van der Waals surface area contributed by atoms with Crippen molar-refractivity contribution in [2.24, 2.45) is 0 Å². The normalized spacial score (nSPS) is 11.6. The first-order valence-electron chi connectivity index (χ1n) is 35.0. The summed E-state index contributed by atoms with van der Waals surface area (Å²) in [7, 11) is 0. The van der Waals surface area contributed by atoms with Crippen LogP contribution in [0.1, 0.15) is 25.0 Å². The average molecular weight is 1740 g/mol. The van der Waals surface area contributed by atoms with E-state index in [1.165, 1.54) is 16.3 Å². The molecule has 14 aromatic carbocycles. The quantitative estimate of drug-likeness (QED) is 0.123. The zero-order chi connectivity index (χ0) is 70.3. The van der Waals surface area contributed by atoms with Gasteiger partial charge in [0.15, 0.2) is 0 Å². The molecule has 0 unspecified atom stereocenters. The molecule has 0 aliphatic carbocycles. The molecule has 0 radical (unpaired) electrons. The Morgan fingerprint density at radius 1 is 0.336 bits per heavy atom. The molecular weight excluding hydrogens is 1680 g/mol. The maximum atomic E-state index is 11.0. The number of fused-ring (bicyclic) bond motifs is 12. The monoisotopic (exact) mass is 1740 g/mol. The molecule has 10 nitrogen and oxygen atoms in total. The molecule has 0 saturated heterocycles. The Labute approximate surface area is 644 Å². The van der Waals surface area contributed by atoms with Crippen molar-refractivity contribution in [3.8, 4) is 102 Å². The Morgan fingerprint density at radius 2 is 0.738 bits per heavy atom. The number of pyridine rings is 2. The molecule has 6 heterocycles. The van der Waals surface area contributed by atoms with Gasteiger partial charge in [0.1, 0.15) is 45.5 Å². The molecule has 6 aromatic heterocycles. The van der Waals surface area contributed by atoms with Crippen molar-refractivity contribution in [3.05, 3.63) is 351 Å². The number of furan rings is 2. The minimum atomic E-state index is -0.347. The van der Waals surface area contributed by atoms with Crippen LogP contribution in [0.25, 0.3) is 178 Å². The van der Waals surface area contributed by atoms with E-state index in [4.69, 9.17) is 28.8 Å². The topological polar surface area (TPSA) is 128 Å². The van der Waals surface area contributed by atoms with Crippen molar-refractivity contribution in [1.82, 2.24) is 29.1 Å². The molecule has 0 saturated carbocycles. The molecule has 20 rings (SSSR count). The third kappa shape index (κ3) is 12.0. The van der Waals surface area contributed by atoms with E-state index in [1.54, 1.807) is 12.1 Å². The third-order valence-electron chi connectivity index (χ3n) is 20.4. The molecule has 0 spiro atoms. The van der Waals surface area contributed by atoms with Gasteiger partial charge in [0, 0.05) is 104 Å². The smallest absolute Gasteiger partial charge is 0.148 e. The molecule has 2 N–H and O–H groups in total. The standard InChI is InChI=1S/C49H34N3O2.C46H28N3O2.2Pt/c1-49(2,34-15-5-3-6-16-34)35-27-32(26-33(28-35)41-29-45-40(30-50-41)46-37-19-10-9-14-31(37)24-25-44(46)54-45)38-21-13-22-42-47(38)51-48(39-20-11-12-23-43(39)53)52(42)36-17-7-4-8-18-36;50-41-21-10-9-18-37(41)46-48-45-36(19-11-20-40(45)49(46)34-15-5-2-6-16-34)32-24-31(29-12-3-1-4-13-29)25-33(26-32)39-27-43-38(28-47-39)44-35-17-8-7-14-30(35)22-23-42(44)51-43;;/h3-25,27-30,53H,1-2H3;1-25,27-28,50H;;/q2*-1;;. The Kier molecular flexibility index (Phi) is 17.6. The molecule has 20 aromatic rings. The number of benzene rings is 14. The molecule has 0 amide bonds. The number of para-hydroxylation sites is 6. The van der Waals surface area contributed by atoms with E-state index in [0.29, 0.717) is 22.8 Å². The van der Waals surface area contributed by atoms with E-state index in [2.05, 4.69) is 235 Å². The Balaban J connectivity index is 0.000000154. The van der Waals surface area contributed by atoms with Gasteiger partial charge in [0.2, 0.25) is 0 Å². The van der Waals surface area contributed by atoms with Crippen LogP contribution in [-0.2, 0) is 47.5 Å².